The molecule has 150 valence electrons. The smallest absolute Gasteiger partial charge is 0.261 e. The summed E-state index contributed by atoms with van der Waals surface area (Å²) in [5.41, 5.74) is -0.0114. The lowest BCUT2D eigenvalue weighted by Gasteiger charge is -2.11. The first kappa shape index (κ1) is 21.0. The SMILES string of the molecule is O=C(Nc1ccc(S(=O)(=O)Nc2cc(Cl)cc(Cl)c2)cc1F)c1ccc(F)cc1. The minimum absolute atomic E-state index is 0.108. The monoisotopic (exact) mass is 456 g/mol. The Hall–Kier alpha value is -2.68. The fraction of sp³-hybridized carbons (Fsp3) is 0. The van der Waals surface area contributed by atoms with Crippen LogP contribution in [0, 0.1) is 11.6 Å². The lowest BCUT2D eigenvalue weighted by atomic mass is 10.2. The second-order valence-electron chi connectivity index (χ2n) is 5.87. The molecule has 0 aliphatic rings. The number of halogens is 4. The highest BCUT2D eigenvalue weighted by Crippen LogP contribution is 2.26. The van der Waals surface area contributed by atoms with Crippen LogP contribution in [0.3, 0.4) is 0 Å². The first-order chi connectivity index (χ1) is 13.6. The second kappa shape index (κ2) is 8.36. The summed E-state index contributed by atoms with van der Waals surface area (Å²) in [5, 5.41) is 2.75. The van der Waals surface area contributed by atoms with Crippen molar-refractivity contribution in [1.82, 2.24) is 0 Å². The van der Waals surface area contributed by atoms with Crippen molar-refractivity contribution < 1.29 is 22.0 Å². The largest absolute Gasteiger partial charge is 0.319 e. The predicted molar refractivity (Wildman–Crippen MR) is 108 cm³/mol. The molecule has 10 heteroatoms. The highest BCUT2D eigenvalue weighted by atomic mass is 35.5. The molecule has 0 unspecified atom stereocenters. The molecule has 3 aromatic rings. The Bertz CT molecular complexity index is 1170. The molecule has 3 rings (SSSR count). The van der Waals surface area contributed by atoms with Crippen LogP contribution in [0.2, 0.25) is 10.0 Å². The molecule has 0 radical (unpaired) electrons. The van der Waals surface area contributed by atoms with Crippen molar-refractivity contribution in [2.75, 3.05) is 10.0 Å². The zero-order valence-electron chi connectivity index (χ0n) is 14.4. The summed E-state index contributed by atoms with van der Waals surface area (Å²) in [6.07, 6.45) is 0. The summed E-state index contributed by atoms with van der Waals surface area (Å²) < 4.78 is 54.5. The third-order valence-corrected chi connectivity index (χ3v) is 5.54. The summed E-state index contributed by atoms with van der Waals surface area (Å²) in [5.74, 6) is -2.16. The van der Waals surface area contributed by atoms with Gasteiger partial charge in [0.1, 0.15) is 11.6 Å². The standard InChI is InChI=1S/C19H12Cl2F2N2O3S/c20-12-7-13(21)9-15(8-12)25-29(27,28)16-5-6-18(17(23)10-16)24-19(26)11-1-3-14(22)4-2-11/h1-10,25H,(H,24,26). The minimum atomic E-state index is -4.13. The van der Waals surface area contributed by atoms with Crippen LogP contribution in [-0.4, -0.2) is 14.3 Å². The van der Waals surface area contributed by atoms with E-state index in [1.165, 1.54) is 30.3 Å². The van der Waals surface area contributed by atoms with Crippen LogP contribution in [0.4, 0.5) is 20.2 Å². The molecule has 1 amide bonds. The quantitative estimate of drug-likeness (QED) is 0.544. The molecule has 0 bridgehead atoms. The van der Waals surface area contributed by atoms with E-state index in [0.717, 1.165) is 30.3 Å². The molecule has 0 aromatic heterocycles. The zero-order chi connectivity index (χ0) is 21.2. The number of hydrogen-bond acceptors (Lipinski definition) is 3. The molecule has 3 aromatic carbocycles. The Morgan fingerprint density at radius 2 is 1.48 bits per heavy atom. The third kappa shape index (κ3) is 5.23. The van der Waals surface area contributed by atoms with Crippen molar-refractivity contribution in [3.05, 3.63) is 87.9 Å². The van der Waals surface area contributed by atoms with E-state index in [1.54, 1.807) is 0 Å². The number of hydrogen-bond donors (Lipinski definition) is 2. The van der Waals surface area contributed by atoms with E-state index in [0.29, 0.717) is 0 Å². The van der Waals surface area contributed by atoms with Crippen LogP contribution in [-0.2, 0) is 10.0 Å². The molecule has 5 nitrogen and oxygen atoms in total. The Kier molecular flexibility index (Phi) is 6.07. The molecule has 0 atom stereocenters. The number of carbonyl (C=O) groups is 1. The van der Waals surface area contributed by atoms with Crippen LogP contribution in [0.15, 0.2) is 65.6 Å². The van der Waals surface area contributed by atoms with Gasteiger partial charge in [0, 0.05) is 15.6 Å². The van der Waals surface area contributed by atoms with Gasteiger partial charge in [-0.1, -0.05) is 23.2 Å². The number of carbonyl (C=O) groups excluding carboxylic acids is 1. The van der Waals surface area contributed by atoms with E-state index in [4.69, 9.17) is 23.2 Å². The third-order valence-electron chi connectivity index (χ3n) is 3.72. The summed E-state index contributed by atoms with van der Waals surface area (Å²) in [7, 11) is -4.13. The predicted octanol–water partition coefficient (Wildman–Crippen LogP) is 5.32. The van der Waals surface area contributed by atoms with Gasteiger partial charge in [-0.2, -0.15) is 0 Å². The Morgan fingerprint density at radius 3 is 2.07 bits per heavy atom. The fourth-order valence-corrected chi connectivity index (χ4v) is 3.96. The summed E-state index contributed by atoms with van der Waals surface area (Å²) in [4.78, 5) is 11.7. The molecule has 29 heavy (non-hydrogen) atoms. The molecule has 0 aliphatic carbocycles. The first-order valence-electron chi connectivity index (χ1n) is 7.99. The number of rotatable bonds is 5. The molecule has 0 saturated carbocycles. The molecular formula is C19H12Cl2F2N2O3S. The molecule has 0 saturated heterocycles. The van der Waals surface area contributed by atoms with Gasteiger partial charge in [-0.25, -0.2) is 17.2 Å². The van der Waals surface area contributed by atoms with E-state index < -0.39 is 27.6 Å². The Labute approximate surface area is 175 Å². The van der Waals surface area contributed by atoms with Crippen LogP contribution in [0.25, 0.3) is 0 Å². The maximum atomic E-state index is 14.4. The van der Waals surface area contributed by atoms with Gasteiger partial charge in [0.25, 0.3) is 15.9 Å². The van der Waals surface area contributed by atoms with Gasteiger partial charge in [-0.15, -0.1) is 0 Å². The van der Waals surface area contributed by atoms with Gasteiger partial charge in [0.2, 0.25) is 0 Å². The summed E-state index contributed by atoms with van der Waals surface area (Å²) in [6.45, 7) is 0. The summed E-state index contributed by atoms with van der Waals surface area (Å²) in [6, 6.07) is 11.8. The van der Waals surface area contributed by atoms with Gasteiger partial charge >= 0.3 is 0 Å². The zero-order valence-corrected chi connectivity index (χ0v) is 16.7. The summed E-state index contributed by atoms with van der Waals surface area (Å²) >= 11 is 11.7. The van der Waals surface area contributed by atoms with Crippen LogP contribution in [0.1, 0.15) is 10.4 Å². The number of sulfonamides is 1. The van der Waals surface area contributed by atoms with Crippen LogP contribution >= 0.6 is 23.2 Å². The average molecular weight is 457 g/mol. The molecule has 0 fully saturated rings. The molecule has 2 N–H and O–H groups in total. The lowest BCUT2D eigenvalue weighted by molar-refractivity contribution is 0.102. The van der Waals surface area contributed by atoms with Gasteiger partial charge < -0.3 is 5.32 Å². The Balaban J connectivity index is 1.80. The van der Waals surface area contributed by atoms with Gasteiger partial charge in [-0.05, 0) is 60.7 Å². The lowest BCUT2D eigenvalue weighted by Crippen LogP contribution is -2.15. The molecule has 0 spiro atoms. The topological polar surface area (TPSA) is 75.3 Å². The highest BCUT2D eigenvalue weighted by Gasteiger charge is 2.18. The van der Waals surface area contributed by atoms with E-state index in [9.17, 15) is 22.0 Å². The molecule has 0 aliphatic heterocycles. The van der Waals surface area contributed by atoms with Gasteiger partial charge in [-0.3, -0.25) is 9.52 Å². The van der Waals surface area contributed by atoms with Gasteiger partial charge in [0.15, 0.2) is 0 Å². The second-order valence-corrected chi connectivity index (χ2v) is 8.42. The van der Waals surface area contributed by atoms with E-state index >= 15 is 0 Å². The van der Waals surface area contributed by atoms with Crippen molar-refractivity contribution in [3.63, 3.8) is 0 Å². The maximum absolute atomic E-state index is 14.4. The molecule has 0 heterocycles. The van der Waals surface area contributed by atoms with E-state index in [2.05, 4.69) is 10.0 Å². The number of anilines is 2. The van der Waals surface area contributed by atoms with Crippen LogP contribution in [0.5, 0.6) is 0 Å². The Morgan fingerprint density at radius 1 is 0.862 bits per heavy atom. The van der Waals surface area contributed by atoms with Gasteiger partial charge in [0.05, 0.1) is 16.3 Å². The average Bonchev–Trinajstić information content (AvgIpc) is 2.62. The van der Waals surface area contributed by atoms with E-state index in [1.807, 2.05) is 0 Å². The molecular weight excluding hydrogens is 445 g/mol. The van der Waals surface area contributed by atoms with Crippen molar-refractivity contribution >= 4 is 50.5 Å². The van der Waals surface area contributed by atoms with Crippen molar-refractivity contribution in [3.8, 4) is 0 Å². The van der Waals surface area contributed by atoms with Crippen LogP contribution < -0.4 is 10.0 Å². The number of amides is 1. The van der Waals surface area contributed by atoms with E-state index in [-0.39, 0.29) is 31.9 Å². The fourth-order valence-electron chi connectivity index (χ4n) is 2.39. The highest BCUT2D eigenvalue weighted by molar-refractivity contribution is 7.92. The number of benzene rings is 3. The van der Waals surface area contributed by atoms with Crippen molar-refractivity contribution in [2.24, 2.45) is 0 Å². The maximum Gasteiger partial charge on any atom is 0.261 e. The minimum Gasteiger partial charge on any atom is -0.319 e. The number of nitrogens with one attached hydrogen (secondary N) is 2. The normalized spacial score (nSPS) is 11.2. The van der Waals surface area contributed by atoms with Crippen molar-refractivity contribution in [2.45, 2.75) is 4.90 Å². The first-order valence-corrected chi connectivity index (χ1v) is 10.2. The van der Waals surface area contributed by atoms with Crippen molar-refractivity contribution in [1.29, 1.82) is 0 Å².